The summed E-state index contributed by atoms with van der Waals surface area (Å²) >= 11 is 11.8. The van der Waals surface area contributed by atoms with Gasteiger partial charge in [-0.2, -0.15) is 0 Å². The number of carbonyl (C=O) groups is 1. The number of benzene rings is 2. The van der Waals surface area contributed by atoms with Gasteiger partial charge in [-0.05, 0) is 94.9 Å². The van der Waals surface area contributed by atoms with Gasteiger partial charge in [-0.25, -0.2) is 9.79 Å². The number of aromatic hydroxyl groups is 1. The fraction of sp³-hybridized carbons (Fsp3) is 0.269. The van der Waals surface area contributed by atoms with Gasteiger partial charge in [-0.1, -0.05) is 36.3 Å². The molecule has 1 aromatic heterocycles. The summed E-state index contributed by atoms with van der Waals surface area (Å²) in [5.41, 5.74) is 1.58. The summed E-state index contributed by atoms with van der Waals surface area (Å²) in [6.07, 6.45) is 2.92. The van der Waals surface area contributed by atoms with Gasteiger partial charge in [0.1, 0.15) is 17.5 Å². The van der Waals surface area contributed by atoms with Crippen LogP contribution >= 0.6 is 68.1 Å². The van der Waals surface area contributed by atoms with Crippen LogP contribution in [0.25, 0.3) is 6.08 Å². The van der Waals surface area contributed by atoms with Gasteiger partial charge in [0.15, 0.2) is 4.80 Å². The third kappa shape index (κ3) is 5.62. The van der Waals surface area contributed by atoms with Crippen LogP contribution in [0.15, 0.2) is 51.4 Å². The molecule has 0 aliphatic carbocycles. The molecule has 7 nitrogen and oxygen atoms in total. The number of hydrogen-bond donors (Lipinski definition) is 1. The topological polar surface area (TPSA) is 90.1 Å². The average Bonchev–Trinajstić information content (AvgIpc) is 3.16. The van der Waals surface area contributed by atoms with E-state index in [4.69, 9.17) is 26.1 Å². The van der Waals surface area contributed by atoms with Crippen molar-refractivity contribution in [3.63, 3.8) is 0 Å². The van der Waals surface area contributed by atoms with Gasteiger partial charge in [0.25, 0.3) is 5.56 Å². The summed E-state index contributed by atoms with van der Waals surface area (Å²) < 4.78 is 14.5. The first-order valence-electron chi connectivity index (χ1n) is 11.4. The van der Waals surface area contributed by atoms with E-state index in [1.54, 1.807) is 37.3 Å². The molecule has 0 spiro atoms. The largest absolute Gasteiger partial charge is 0.506 e. The van der Waals surface area contributed by atoms with Crippen molar-refractivity contribution in [1.29, 1.82) is 0 Å². The predicted octanol–water partition coefficient (Wildman–Crippen LogP) is 5.16. The number of allylic oxidation sites excluding steroid dienone is 1. The molecule has 2 heterocycles. The molecular formula is C26H23ClI2N2O5S. The van der Waals surface area contributed by atoms with E-state index in [1.165, 1.54) is 23.0 Å². The summed E-state index contributed by atoms with van der Waals surface area (Å²) in [7, 11) is 1.53. The quantitative estimate of drug-likeness (QED) is 0.266. The third-order valence-electron chi connectivity index (χ3n) is 5.72. The fourth-order valence-corrected chi connectivity index (χ4v) is 7.25. The molecule has 4 rings (SSSR count). The van der Waals surface area contributed by atoms with Crippen molar-refractivity contribution in [2.45, 2.75) is 32.7 Å². The Morgan fingerprint density at radius 2 is 2.03 bits per heavy atom. The predicted molar refractivity (Wildman–Crippen MR) is 161 cm³/mol. The van der Waals surface area contributed by atoms with Crippen LogP contribution in [0.5, 0.6) is 11.5 Å². The lowest BCUT2D eigenvalue weighted by Gasteiger charge is -2.27. The van der Waals surface area contributed by atoms with Gasteiger partial charge in [-0.3, -0.25) is 9.36 Å². The van der Waals surface area contributed by atoms with E-state index in [1.807, 2.05) is 13.0 Å². The number of ether oxygens (including phenoxy) is 2. The van der Waals surface area contributed by atoms with Crippen molar-refractivity contribution in [3.05, 3.63) is 84.6 Å². The van der Waals surface area contributed by atoms with Gasteiger partial charge < -0.3 is 14.6 Å². The molecule has 1 aliphatic heterocycles. The zero-order valence-electron chi connectivity index (χ0n) is 20.2. The second-order valence-electron chi connectivity index (χ2n) is 8.13. The lowest BCUT2D eigenvalue weighted by atomic mass is 9.93. The molecule has 37 heavy (non-hydrogen) atoms. The highest BCUT2D eigenvalue weighted by molar-refractivity contribution is 14.1. The zero-order chi connectivity index (χ0) is 26.9. The molecule has 1 atom stereocenters. The second-order valence-corrected chi connectivity index (χ2v) is 12.0. The lowest BCUT2D eigenvalue weighted by Crippen LogP contribution is -2.40. The Kier molecular flexibility index (Phi) is 9.02. The molecule has 0 bridgehead atoms. The second kappa shape index (κ2) is 11.9. The normalized spacial score (nSPS) is 15.4. The van der Waals surface area contributed by atoms with Crippen molar-refractivity contribution in [2.75, 3.05) is 13.7 Å². The molecule has 194 valence electrons. The minimum atomic E-state index is -0.850. The molecule has 0 radical (unpaired) electrons. The number of esters is 1. The number of nitrogens with zero attached hydrogens (tertiary/aromatic N) is 2. The standard InChI is InChI=1S/C26H23ClI2N2O5S/c1-4-6-18-21(25(34)36-5-2)22(16-11-14(27)7-8-19(16)35-3)31-24(33)20(37-26(31)30-18)10-13-9-15(28)12-17(29)23(13)32/h7-12,22,32H,4-6H2,1-3H3/b20-10+/t22-/m1/s1. The number of hydrogen-bond acceptors (Lipinski definition) is 7. The van der Waals surface area contributed by atoms with E-state index < -0.39 is 12.0 Å². The van der Waals surface area contributed by atoms with Gasteiger partial charge in [0, 0.05) is 19.7 Å². The van der Waals surface area contributed by atoms with Gasteiger partial charge in [0.05, 0.1) is 33.1 Å². The molecule has 0 unspecified atom stereocenters. The Labute approximate surface area is 249 Å². The van der Waals surface area contributed by atoms with Crippen molar-refractivity contribution in [1.82, 2.24) is 4.57 Å². The van der Waals surface area contributed by atoms with Crippen LogP contribution in [-0.2, 0) is 9.53 Å². The summed E-state index contributed by atoms with van der Waals surface area (Å²) in [5.74, 6) is 0.0351. The SMILES string of the molecule is CCCC1=C(C(=O)OCC)[C@@H](c2cc(Cl)ccc2OC)n2c(s/c(=C/c3cc(I)cc(I)c3O)c2=O)=N1. The van der Waals surface area contributed by atoms with Crippen LogP contribution in [0.3, 0.4) is 0 Å². The average molecular weight is 765 g/mol. The van der Waals surface area contributed by atoms with Crippen molar-refractivity contribution in [2.24, 2.45) is 4.99 Å². The van der Waals surface area contributed by atoms with Crippen LogP contribution in [0.1, 0.15) is 43.9 Å². The molecule has 0 saturated heterocycles. The van der Waals surface area contributed by atoms with Gasteiger partial charge in [0.2, 0.25) is 0 Å². The van der Waals surface area contributed by atoms with E-state index in [0.717, 1.165) is 9.99 Å². The number of phenolic OH excluding ortho intramolecular Hbond substituents is 1. The Morgan fingerprint density at radius 3 is 2.70 bits per heavy atom. The van der Waals surface area contributed by atoms with Crippen LogP contribution in [0.4, 0.5) is 0 Å². The van der Waals surface area contributed by atoms with E-state index in [-0.39, 0.29) is 23.5 Å². The van der Waals surface area contributed by atoms with E-state index in [9.17, 15) is 14.7 Å². The third-order valence-corrected chi connectivity index (χ3v) is 8.39. The summed E-state index contributed by atoms with van der Waals surface area (Å²) in [4.78, 5) is 32.4. The minimum Gasteiger partial charge on any atom is -0.506 e. The first-order valence-corrected chi connectivity index (χ1v) is 14.8. The number of aromatic nitrogens is 1. The molecule has 3 aromatic rings. The van der Waals surface area contributed by atoms with E-state index in [2.05, 4.69) is 45.2 Å². The number of halogens is 3. The number of fused-ring (bicyclic) bond motifs is 1. The number of thiazole rings is 1. The number of methoxy groups -OCH3 is 1. The molecule has 0 saturated carbocycles. The Hall–Kier alpha value is -1.90. The highest BCUT2D eigenvalue weighted by Crippen LogP contribution is 2.38. The number of phenols is 1. The maximum atomic E-state index is 13.9. The highest BCUT2D eigenvalue weighted by Gasteiger charge is 2.36. The van der Waals surface area contributed by atoms with Crippen LogP contribution < -0.4 is 19.6 Å². The summed E-state index contributed by atoms with van der Waals surface area (Å²) in [6.45, 7) is 3.91. The minimum absolute atomic E-state index is 0.0961. The molecule has 0 amide bonds. The van der Waals surface area contributed by atoms with Crippen molar-refractivity contribution < 1.29 is 19.4 Å². The van der Waals surface area contributed by atoms with Gasteiger partial charge in [-0.15, -0.1) is 0 Å². The molecule has 0 fully saturated rings. The van der Waals surface area contributed by atoms with Crippen LogP contribution in [-0.4, -0.2) is 29.4 Å². The number of rotatable bonds is 7. The first kappa shape index (κ1) is 28.1. The van der Waals surface area contributed by atoms with Gasteiger partial charge >= 0.3 is 5.97 Å². The molecule has 11 heteroatoms. The monoisotopic (exact) mass is 764 g/mol. The molecular weight excluding hydrogens is 742 g/mol. The summed E-state index contributed by atoms with van der Waals surface area (Å²) in [5, 5.41) is 11.1. The zero-order valence-corrected chi connectivity index (χ0v) is 26.1. The van der Waals surface area contributed by atoms with E-state index in [0.29, 0.717) is 46.9 Å². The van der Waals surface area contributed by atoms with Crippen LogP contribution in [0, 0.1) is 7.14 Å². The summed E-state index contributed by atoms with van der Waals surface area (Å²) in [6, 6.07) is 7.91. The Balaban J connectivity index is 2.08. The van der Waals surface area contributed by atoms with Crippen molar-refractivity contribution >= 4 is 80.2 Å². The maximum Gasteiger partial charge on any atom is 0.338 e. The number of carbonyl (C=O) groups excluding carboxylic acids is 1. The van der Waals surface area contributed by atoms with E-state index >= 15 is 0 Å². The van der Waals surface area contributed by atoms with Crippen molar-refractivity contribution in [3.8, 4) is 11.5 Å². The Morgan fingerprint density at radius 1 is 1.27 bits per heavy atom. The lowest BCUT2D eigenvalue weighted by molar-refractivity contribution is -0.139. The molecule has 1 aliphatic rings. The highest BCUT2D eigenvalue weighted by atomic mass is 127. The first-order chi connectivity index (χ1) is 17.7. The smallest absolute Gasteiger partial charge is 0.338 e. The Bertz CT molecular complexity index is 1600. The fourth-order valence-electron chi connectivity index (χ4n) is 4.17. The maximum absolute atomic E-state index is 13.9. The van der Waals surface area contributed by atoms with Crippen LogP contribution in [0.2, 0.25) is 5.02 Å². The molecule has 2 aromatic carbocycles. The molecule has 1 N–H and O–H groups in total.